The lowest BCUT2D eigenvalue weighted by Gasteiger charge is -2.21. The minimum atomic E-state index is -3.55. The fourth-order valence-corrected chi connectivity index (χ4v) is 6.03. The number of hydrogen-bond donors (Lipinski definition) is 0. The summed E-state index contributed by atoms with van der Waals surface area (Å²) in [5.74, 6) is 1.12. The highest BCUT2D eigenvalue weighted by atomic mass is 32.7. The highest BCUT2D eigenvalue weighted by Crippen LogP contribution is 2.63. The highest BCUT2D eigenvalue weighted by molar-refractivity contribution is 8.55. The Labute approximate surface area is 158 Å². The van der Waals surface area contributed by atoms with Crippen LogP contribution in [0.2, 0.25) is 0 Å². The van der Waals surface area contributed by atoms with Crippen molar-refractivity contribution in [1.82, 2.24) is 0 Å². The van der Waals surface area contributed by atoms with E-state index in [4.69, 9.17) is 9.05 Å². The van der Waals surface area contributed by atoms with Gasteiger partial charge >= 0.3 is 6.80 Å². The maximum atomic E-state index is 13.7. The molecule has 0 atom stereocenters. The lowest BCUT2D eigenvalue weighted by molar-refractivity contribution is 0.406. The minimum Gasteiger partial charge on any atom is -0.408 e. The summed E-state index contributed by atoms with van der Waals surface area (Å²) in [6.07, 6.45) is 0. The molecular weight excluding hydrogens is 363 g/mol. The molecule has 3 aromatic carbocycles. The van der Waals surface area contributed by atoms with Crippen molar-refractivity contribution in [3.8, 4) is 11.5 Å². The molecule has 0 fully saturated rings. The van der Waals surface area contributed by atoms with E-state index >= 15 is 0 Å². The Morgan fingerprint density at radius 2 is 1.08 bits per heavy atom. The van der Waals surface area contributed by atoms with Crippen molar-refractivity contribution in [2.45, 2.75) is 25.7 Å². The first-order chi connectivity index (χ1) is 12.5. The summed E-state index contributed by atoms with van der Waals surface area (Å²) in [6, 6.07) is 22.8. The molecule has 0 aromatic heterocycles. The van der Waals surface area contributed by atoms with E-state index in [0.29, 0.717) is 11.5 Å². The summed E-state index contributed by atoms with van der Waals surface area (Å²) in [5, 5.41) is 0. The average Bonchev–Trinajstić information content (AvgIpc) is 2.61. The fraction of sp³-hybridized carbons (Fsp3) is 0.143. The lowest BCUT2D eigenvalue weighted by Crippen LogP contribution is -2.00. The number of para-hydroxylation sites is 2. The molecule has 0 saturated carbocycles. The monoisotopic (exact) mass is 384 g/mol. The summed E-state index contributed by atoms with van der Waals surface area (Å²) in [7, 11) is 0. The lowest BCUT2D eigenvalue weighted by atomic mass is 10.2. The van der Waals surface area contributed by atoms with E-state index in [1.807, 2.05) is 93.6 Å². The van der Waals surface area contributed by atoms with E-state index in [0.717, 1.165) is 33.0 Å². The number of benzene rings is 3. The van der Waals surface area contributed by atoms with Crippen molar-refractivity contribution in [3.05, 3.63) is 89.5 Å². The number of rotatable bonds is 6. The standard InChI is InChI=1S/C21H21O3PS/c1-16-10-4-7-13-19(16)23-25(22,24-20-14-8-5-11-17(20)2)26-21-15-9-6-12-18(21)3/h4-15H,1-3H3. The summed E-state index contributed by atoms with van der Waals surface area (Å²) >= 11 is 1.14. The maximum Gasteiger partial charge on any atom is 0.497 e. The molecule has 26 heavy (non-hydrogen) atoms. The van der Waals surface area contributed by atoms with Gasteiger partial charge in [0.15, 0.2) is 0 Å². The van der Waals surface area contributed by atoms with Crippen molar-refractivity contribution >= 4 is 18.2 Å². The Morgan fingerprint density at radius 1 is 0.654 bits per heavy atom. The van der Waals surface area contributed by atoms with Crippen LogP contribution >= 0.6 is 18.2 Å². The van der Waals surface area contributed by atoms with Crippen molar-refractivity contribution in [3.63, 3.8) is 0 Å². The molecule has 0 N–H and O–H groups in total. The van der Waals surface area contributed by atoms with E-state index < -0.39 is 6.80 Å². The van der Waals surface area contributed by atoms with E-state index in [1.165, 1.54) is 0 Å². The van der Waals surface area contributed by atoms with Crippen molar-refractivity contribution in [2.75, 3.05) is 0 Å². The van der Waals surface area contributed by atoms with Crippen LogP contribution in [0, 0.1) is 20.8 Å². The van der Waals surface area contributed by atoms with Gasteiger partial charge in [-0.25, -0.2) is 4.57 Å². The molecule has 0 radical (unpaired) electrons. The minimum absolute atomic E-state index is 0.561. The third kappa shape index (κ3) is 4.51. The van der Waals surface area contributed by atoms with Crippen molar-refractivity contribution < 1.29 is 13.6 Å². The molecule has 0 spiro atoms. The fourth-order valence-electron chi connectivity index (χ4n) is 2.39. The van der Waals surface area contributed by atoms with Gasteiger partial charge in [-0.15, -0.1) is 0 Å². The molecule has 0 aliphatic rings. The molecule has 134 valence electrons. The van der Waals surface area contributed by atoms with Gasteiger partial charge in [-0.2, -0.15) is 0 Å². The van der Waals surface area contributed by atoms with Crippen LogP contribution in [0.5, 0.6) is 11.5 Å². The Hall–Kier alpha value is -2.16. The second-order valence-corrected chi connectivity index (χ2v) is 9.79. The van der Waals surface area contributed by atoms with Crippen LogP contribution in [-0.4, -0.2) is 0 Å². The van der Waals surface area contributed by atoms with E-state index in [2.05, 4.69) is 0 Å². The van der Waals surface area contributed by atoms with E-state index in [-0.39, 0.29) is 0 Å². The maximum absolute atomic E-state index is 13.7. The van der Waals surface area contributed by atoms with Gasteiger partial charge in [0.1, 0.15) is 11.5 Å². The summed E-state index contributed by atoms with van der Waals surface area (Å²) in [4.78, 5) is 0.873. The first-order valence-corrected chi connectivity index (χ1v) is 11.3. The van der Waals surface area contributed by atoms with Crippen molar-refractivity contribution in [2.24, 2.45) is 0 Å². The van der Waals surface area contributed by atoms with Crippen LogP contribution in [0.3, 0.4) is 0 Å². The SMILES string of the molecule is Cc1ccccc1OP(=O)(Oc1ccccc1C)Sc1ccccc1C. The van der Waals surface area contributed by atoms with Gasteiger partial charge in [0, 0.05) is 16.3 Å². The second-order valence-electron chi connectivity index (χ2n) is 6.02. The predicted octanol–water partition coefficient (Wildman–Crippen LogP) is 6.97. The molecular formula is C21H21O3PS. The largest absolute Gasteiger partial charge is 0.497 e. The molecule has 0 unspecified atom stereocenters. The number of aryl methyl sites for hydroxylation is 3. The summed E-state index contributed by atoms with van der Waals surface area (Å²) in [6.45, 7) is 2.28. The molecule has 0 amide bonds. The third-order valence-electron chi connectivity index (χ3n) is 3.91. The van der Waals surface area contributed by atoms with Crippen LogP contribution in [0.25, 0.3) is 0 Å². The smallest absolute Gasteiger partial charge is 0.408 e. The molecule has 0 bridgehead atoms. The number of hydrogen-bond acceptors (Lipinski definition) is 4. The Balaban J connectivity index is 1.97. The van der Waals surface area contributed by atoms with E-state index in [9.17, 15) is 4.57 Å². The predicted molar refractivity (Wildman–Crippen MR) is 108 cm³/mol. The zero-order chi connectivity index (χ0) is 18.6. The molecule has 5 heteroatoms. The molecule has 0 aliphatic heterocycles. The zero-order valence-electron chi connectivity index (χ0n) is 15.0. The van der Waals surface area contributed by atoms with E-state index in [1.54, 1.807) is 0 Å². The van der Waals surface area contributed by atoms with Crippen LogP contribution in [-0.2, 0) is 4.57 Å². The van der Waals surface area contributed by atoms with Crippen molar-refractivity contribution in [1.29, 1.82) is 0 Å². The molecule has 0 aliphatic carbocycles. The molecule has 3 nitrogen and oxygen atoms in total. The normalized spacial score (nSPS) is 11.2. The topological polar surface area (TPSA) is 35.5 Å². The molecule has 3 aromatic rings. The molecule has 3 rings (SSSR count). The van der Waals surface area contributed by atoms with Crippen LogP contribution in [0.1, 0.15) is 16.7 Å². The third-order valence-corrected chi connectivity index (χ3v) is 7.34. The van der Waals surface area contributed by atoms with Gasteiger partial charge in [-0.3, -0.25) is 0 Å². The molecule has 0 heterocycles. The zero-order valence-corrected chi connectivity index (χ0v) is 16.7. The summed E-state index contributed by atoms with van der Waals surface area (Å²) in [5.41, 5.74) is 2.84. The van der Waals surface area contributed by atoms with Gasteiger partial charge < -0.3 is 9.05 Å². The van der Waals surface area contributed by atoms with Gasteiger partial charge in [-0.05, 0) is 55.7 Å². The van der Waals surface area contributed by atoms with Crippen LogP contribution < -0.4 is 9.05 Å². The first-order valence-electron chi connectivity index (χ1n) is 8.32. The molecule has 0 saturated heterocycles. The van der Waals surface area contributed by atoms with Gasteiger partial charge in [0.2, 0.25) is 0 Å². The summed E-state index contributed by atoms with van der Waals surface area (Å²) < 4.78 is 25.6. The Kier molecular flexibility index (Phi) is 5.75. The second kappa shape index (κ2) is 8.03. The van der Waals surface area contributed by atoms with Gasteiger partial charge in [0.05, 0.1) is 0 Å². The van der Waals surface area contributed by atoms with Crippen LogP contribution in [0.4, 0.5) is 0 Å². The first kappa shape index (κ1) is 18.6. The highest BCUT2D eigenvalue weighted by Gasteiger charge is 2.32. The average molecular weight is 384 g/mol. The van der Waals surface area contributed by atoms with Gasteiger partial charge in [-0.1, -0.05) is 54.6 Å². The quantitative estimate of drug-likeness (QED) is 0.430. The van der Waals surface area contributed by atoms with Gasteiger partial charge in [0.25, 0.3) is 0 Å². The Bertz CT molecular complexity index is 833. The Morgan fingerprint density at radius 3 is 1.54 bits per heavy atom. The van der Waals surface area contributed by atoms with Crippen LogP contribution in [0.15, 0.2) is 77.7 Å².